The predicted molar refractivity (Wildman–Crippen MR) is 107 cm³/mol. The number of rotatable bonds is 7. The van der Waals surface area contributed by atoms with Crippen LogP contribution in [0.25, 0.3) is 10.9 Å². The Balaban J connectivity index is 1.50. The zero-order valence-corrected chi connectivity index (χ0v) is 15.4. The Bertz CT molecular complexity index is 959. The summed E-state index contributed by atoms with van der Waals surface area (Å²) in [6, 6.07) is 14.2. The third kappa shape index (κ3) is 4.77. The molecule has 0 amide bonds. The Kier molecular flexibility index (Phi) is 6.16. The van der Waals surface area contributed by atoms with E-state index >= 15 is 0 Å². The van der Waals surface area contributed by atoms with Crippen LogP contribution in [0.4, 0.5) is 5.82 Å². The van der Waals surface area contributed by atoms with Gasteiger partial charge in [0.15, 0.2) is 5.43 Å². The molecule has 26 heavy (non-hydrogen) atoms. The predicted octanol–water partition coefficient (Wildman–Crippen LogP) is 3.40. The summed E-state index contributed by atoms with van der Waals surface area (Å²) in [6.07, 6.45) is -0.618. The lowest BCUT2D eigenvalue weighted by molar-refractivity contribution is 0.184. The van der Waals surface area contributed by atoms with Crippen molar-refractivity contribution in [2.45, 2.75) is 12.6 Å². The van der Waals surface area contributed by atoms with E-state index in [1.165, 1.54) is 6.07 Å². The normalized spacial score (nSPS) is 12.3. The molecule has 0 unspecified atom stereocenters. The molecular weight excluding hydrogens is 373 g/mol. The van der Waals surface area contributed by atoms with E-state index in [0.29, 0.717) is 40.9 Å². The monoisotopic (exact) mass is 391 g/mol. The van der Waals surface area contributed by atoms with Gasteiger partial charge in [-0.1, -0.05) is 41.4 Å². The lowest BCUT2D eigenvalue weighted by atomic mass is 10.2. The summed E-state index contributed by atoms with van der Waals surface area (Å²) < 4.78 is 0. The summed E-state index contributed by atoms with van der Waals surface area (Å²) in [6.45, 7) is 1.27. The third-order valence-electron chi connectivity index (χ3n) is 3.96. The molecule has 1 heterocycles. The van der Waals surface area contributed by atoms with Crippen LogP contribution in [0.2, 0.25) is 10.0 Å². The van der Waals surface area contributed by atoms with Gasteiger partial charge in [0.1, 0.15) is 5.82 Å². The van der Waals surface area contributed by atoms with Crippen LogP contribution in [-0.2, 0) is 6.54 Å². The number of aromatic nitrogens is 1. The van der Waals surface area contributed by atoms with Crippen LogP contribution in [-0.4, -0.2) is 29.3 Å². The first-order valence-electron chi connectivity index (χ1n) is 8.21. The quantitative estimate of drug-likeness (QED) is 0.497. The number of hydrogen-bond acceptors (Lipinski definition) is 4. The summed E-state index contributed by atoms with van der Waals surface area (Å²) in [5, 5.41) is 18.0. The Morgan fingerprint density at radius 2 is 1.85 bits per heavy atom. The van der Waals surface area contributed by atoms with Crippen molar-refractivity contribution >= 4 is 39.9 Å². The molecule has 4 N–H and O–H groups in total. The minimum Gasteiger partial charge on any atom is -0.390 e. The largest absolute Gasteiger partial charge is 0.390 e. The summed E-state index contributed by atoms with van der Waals surface area (Å²) in [5.74, 6) is 0.581. The van der Waals surface area contributed by atoms with E-state index < -0.39 is 6.10 Å². The van der Waals surface area contributed by atoms with Crippen molar-refractivity contribution in [1.29, 1.82) is 0 Å². The molecule has 0 saturated heterocycles. The standard InChI is InChI=1S/C19H19Cl2N3O2/c20-15-6-5-12(7-16(15)21)9-22-10-13(25)11-23-19-8-18(26)14-3-1-2-4-17(14)24-19/h1-8,13,22,25H,9-11H2,(H2,23,24,26)/t13-/m0/s1. The van der Waals surface area contributed by atoms with Crippen molar-refractivity contribution in [3.63, 3.8) is 0 Å². The number of anilines is 1. The lowest BCUT2D eigenvalue weighted by Gasteiger charge is -2.14. The van der Waals surface area contributed by atoms with Crippen LogP contribution in [0.15, 0.2) is 53.3 Å². The SMILES string of the molecule is O=c1cc(NC[C@@H](O)CNCc2ccc(Cl)c(Cl)c2)[nH]c2ccccc12. The molecule has 1 atom stereocenters. The van der Waals surface area contributed by atoms with E-state index in [2.05, 4.69) is 15.6 Å². The van der Waals surface area contributed by atoms with Crippen molar-refractivity contribution in [2.75, 3.05) is 18.4 Å². The van der Waals surface area contributed by atoms with Crippen molar-refractivity contribution < 1.29 is 5.11 Å². The van der Waals surface area contributed by atoms with Gasteiger partial charge in [0.05, 0.1) is 21.7 Å². The van der Waals surface area contributed by atoms with Crippen LogP contribution < -0.4 is 16.1 Å². The fraction of sp³-hybridized carbons (Fsp3) is 0.211. The average molecular weight is 392 g/mol. The van der Waals surface area contributed by atoms with Crippen LogP contribution in [0.1, 0.15) is 5.56 Å². The smallest absolute Gasteiger partial charge is 0.191 e. The lowest BCUT2D eigenvalue weighted by Crippen LogP contribution is -2.32. The zero-order chi connectivity index (χ0) is 18.5. The van der Waals surface area contributed by atoms with Gasteiger partial charge in [-0.2, -0.15) is 0 Å². The summed E-state index contributed by atoms with van der Waals surface area (Å²) in [4.78, 5) is 15.2. The highest BCUT2D eigenvalue weighted by Gasteiger charge is 2.06. The van der Waals surface area contributed by atoms with Gasteiger partial charge >= 0.3 is 0 Å². The second-order valence-electron chi connectivity index (χ2n) is 6.01. The molecule has 0 spiro atoms. The van der Waals surface area contributed by atoms with Crippen molar-refractivity contribution in [3.8, 4) is 0 Å². The van der Waals surface area contributed by atoms with E-state index in [1.54, 1.807) is 18.2 Å². The van der Waals surface area contributed by atoms with Crippen LogP contribution >= 0.6 is 23.2 Å². The topological polar surface area (TPSA) is 77.2 Å². The number of fused-ring (bicyclic) bond motifs is 1. The van der Waals surface area contributed by atoms with Gasteiger partial charge in [0.25, 0.3) is 0 Å². The highest BCUT2D eigenvalue weighted by Crippen LogP contribution is 2.22. The summed E-state index contributed by atoms with van der Waals surface area (Å²) in [7, 11) is 0. The Morgan fingerprint density at radius 1 is 1.04 bits per heavy atom. The minimum absolute atomic E-state index is 0.0610. The number of aliphatic hydroxyl groups is 1. The Hall–Kier alpha value is -2.05. The molecule has 1 aromatic heterocycles. The number of H-pyrrole nitrogens is 1. The molecule has 3 rings (SSSR count). The molecule has 0 fully saturated rings. The number of pyridine rings is 1. The van der Waals surface area contributed by atoms with Gasteiger partial charge in [-0.05, 0) is 29.8 Å². The van der Waals surface area contributed by atoms with E-state index in [-0.39, 0.29) is 5.43 Å². The maximum atomic E-state index is 12.1. The van der Waals surface area contributed by atoms with Crippen molar-refractivity contribution in [2.24, 2.45) is 0 Å². The third-order valence-corrected chi connectivity index (χ3v) is 4.70. The molecule has 2 aromatic carbocycles. The number of aromatic amines is 1. The number of hydrogen-bond donors (Lipinski definition) is 4. The zero-order valence-electron chi connectivity index (χ0n) is 13.9. The maximum Gasteiger partial charge on any atom is 0.191 e. The molecular formula is C19H19Cl2N3O2. The highest BCUT2D eigenvalue weighted by atomic mass is 35.5. The molecule has 0 aliphatic heterocycles. The first kappa shape index (κ1) is 18.7. The molecule has 0 bridgehead atoms. The first-order valence-corrected chi connectivity index (χ1v) is 8.97. The first-order chi connectivity index (χ1) is 12.5. The van der Waals surface area contributed by atoms with Crippen molar-refractivity contribution in [3.05, 3.63) is 74.4 Å². The van der Waals surface area contributed by atoms with Gasteiger partial charge in [-0.25, -0.2) is 0 Å². The molecule has 0 radical (unpaired) electrons. The molecule has 0 aliphatic carbocycles. The molecule has 5 nitrogen and oxygen atoms in total. The highest BCUT2D eigenvalue weighted by molar-refractivity contribution is 6.42. The van der Waals surface area contributed by atoms with Gasteiger partial charge in [0, 0.05) is 31.1 Å². The fourth-order valence-corrected chi connectivity index (χ4v) is 2.95. The summed E-state index contributed by atoms with van der Waals surface area (Å²) in [5.41, 5.74) is 1.68. The molecule has 3 aromatic rings. The number of para-hydroxylation sites is 1. The Morgan fingerprint density at radius 3 is 2.65 bits per heavy atom. The average Bonchev–Trinajstić information content (AvgIpc) is 2.63. The fourth-order valence-electron chi connectivity index (χ4n) is 2.62. The van der Waals surface area contributed by atoms with Crippen molar-refractivity contribution in [1.82, 2.24) is 10.3 Å². The van der Waals surface area contributed by atoms with E-state index in [4.69, 9.17) is 23.2 Å². The molecule has 0 aliphatic rings. The van der Waals surface area contributed by atoms with Crippen LogP contribution in [0.3, 0.4) is 0 Å². The van der Waals surface area contributed by atoms with Gasteiger partial charge in [-0.15, -0.1) is 0 Å². The minimum atomic E-state index is -0.618. The van der Waals surface area contributed by atoms with E-state index in [9.17, 15) is 9.90 Å². The summed E-state index contributed by atoms with van der Waals surface area (Å²) >= 11 is 11.9. The van der Waals surface area contributed by atoms with Gasteiger partial charge in [0.2, 0.25) is 0 Å². The van der Waals surface area contributed by atoms with E-state index in [1.807, 2.05) is 24.3 Å². The molecule has 7 heteroatoms. The van der Waals surface area contributed by atoms with E-state index in [0.717, 1.165) is 11.1 Å². The number of aliphatic hydroxyl groups excluding tert-OH is 1. The second kappa shape index (κ2) is 8.56. The van der Waals surface area contributed by atoms with Crippen LogP contribution in [0, 0.1) is 0 Å². The second-order valence-corrected chi connectivity index (χ2v) is 6.82. The number of benzene rings is 2. The molecule has 0 saturated carbocycles. The molecule has 136 valence electrons. The number of halogens is 2. The van der Waals surface area contributed by atoms with Crippen LogP contribution in [0.5, 0.6) is 0 Å². The maximum absolute atomic E-state index is 12.1. The van der Waals surface area contributed by atoms with Gasteiger partial charge in [-0.3, -0.25) is 4.79 Å². The van der Waals surface area contributed by atoms with Gasteiger partial charge < -0.3 is 20.7 Å². The Labute approximate surface area is 161 Å². The number of nitrogens with one attached hydrogen (secondary N) is 3.